The smallest absolute Gasteiger partial charge is 0.118 e. The van der Waals surface area contributed by atoms with E-state index >= 15 is 0 Å². The van der Waals surface area contributed by atoms with E-state index in [1.807, 2.05) is 19.1 Å². The predicted molar refractivity (Wildman–Crippen MR) is 71.7 cm³/mol. The zero-order valence-electron chi connectivity index (χ0n) is 10.9. The van der Waals surface area contributed by atoms with Crippen molar-refractivity contribution in [3.05, 3.63) is 47.5 Å². The lowest BCUT2D eigenvalue weighted by molar-refractivity contribution is 0.414. The number of aromatic nitrogens is 2. The molecule has 0 aliphatic carbocycles. The number of imidazole rings is 1. The molecule has 2 rings (SSSR count). The van der Waals surface area contributed by atoms with Crippen LogP contribution in [0.3, 0.4) is 0 Å². The molecule has 4 heteroatoms. The van der Waals surface area contributed by atoms with Gasteiger partial charge in [-0.1, -0.05) is 12.1 Å². The summed E-state index contributed by atoms with van der Waals surface area (Å²) in [7, 11) is 1.68. The minimum Gasteiger partial charge on any atom is -0.497 e. The molecule has 2 N–H and O–H groups in total. The van der Waals surface area contributed by atoms with E-state index in [2.05, 4.69) is 27.4 Å². The van der Waals surface area contributed by atoms with Crippen LogP contribution in [0.5, 0.6) is 5.75 Å². The zero-order valence-corrected chi connectivity index (χ0v) is 10.9. The van der Waals surface area contributed by atoms with Gasteiger partial charge in [0.05, 0.1) is 19.1 Å². The number of aromatic amines is 1. The second-order valence-corrected chi connectivity index (χ2v) is 4.25. The van der Waals surface area contributed by atoms with Gasteiger partial charge in [-0.05, 0) is 37.6 Å². The van der Waals surface area contributed by atoms with Crippen molar-refractivity contribution in [1.29, 1.82) is 0 Å². The van der Waals surface area contributed by atoms with Gasteiger partial charge in [0.2, 0.25) is 0 Å². The Bertz CT molecular complexity index is 476. The molecular weight excluding hydrogens is 226 g/mol. The van der Waals surface area contributed by atoms with Gasteiger partial charge in [0.25, 0.3) is 0 Å². The maximum absolute atomic E-state index is 5.13. The molecule has 0 amide bonds. The highest BCUT2D eigenvalue weighted by Crippen LogP contribution is 2.11. The monoisotopic (exact) mass is 245 g/mol. The van der Waals surface area contributed by atoms with Gasteiger partial charge in [0.1, 0.15) is 5.75 Å². The molecular formula is C14H19N3O. The molecule has 0 bridgehead atoms. The van der Waals surface area contributed by atoms with E-state index in [0.717, 1.165) is 36.6 Å². The molecule has 0 radical (unpaired) electrons. The summed E-state index contributed by atoms with van der Waals surface area (Å²) in [5.74, 6) is 0.902. The first-order chi connectivity index (χ1) is 8.79. The number of hydrogen-bond acceptors (Lipinski definition) is 3. The van der Waals surface area contributed by atoms with Crippen molar-refractivity contribution in [3.8, 4) is 5.75 Å². The van der Waals surface area contributed by atoms with E-state index < -0.39 is 0 Å². The van der Waals surface area contributed by atoms with E-state index in [9.17, 15) is 0 Å². The van der Waals surface area contributed by atoms with E-state index in [1.165, 1.54) is 5.56 Å². The summed E-state index contributed by atoms with van der Waals surface area (Å²) in [5.41, 5.74) is 3.53. The highest BCUT2D eigenvalue weighted by molar-refractivity contribution is 5.27. The maximum atomic E-state index is 5.13. The third kappa shape index (κ3) is 3.34. The van der Waals surface area contributed by atoms with Gasteiger partial charge in [-0.3, -0.25) is 0 Å². The van der Waals surface area contributed by atoms with Gasteiger partial charge in [-0.2, -0.15) is 0 Å². The number of benzene rings is 1. The fraction of sp³-hybridized carbons (Fsp3) is 0.357. The first kappa shape index (κ1) is 12.6. The minimum atomic E-state index is 0.811. The lowest BCUT2D eigenvalue weighted by Gasteiger charge is -2.05. The average Bonchev–Trinajstić information content (AvgIpc) is 2.81. The molecule has 0 aliphatic rings. The highest BCUT2D eigenvalue weighted by atomic mass is 16.5. The molecule has 2 aromatic rings. The van der Waals surface area contributed by atoms with Crippen molar-refractivity contribution in [3.63, 3.8) is 0 Å². The van der Waals surface area contributed by atoms with E-state index in [-0.39, 0.29) is 0 Å². The van der Waals surface area contributed by atoms with Gasteiger partial charge in [0, 0.05) is 12.2 Å². The number of ether oxygens (including phenoxy) is 1. The number of rotatable bonds is 6. The van der Waals surface area contributed by atoms with Crippen LogP contribution in [0.4, 0.5) is 0 Å². The summed E-state index contributed by atoms with van der Waals surface area (Å²) in [6.45, 7) is 3.79. The molecule has 0 aliphatic heterocycles. The molecule has 0 fully saturated rings. The third-order valence-electron chi connectivity index (χ3n) is 2.98. The van der Waals surface area contributed by atoms with Crippen LogP contribution in [0.25, 0.3) is 0 Å². The van der Waals surface area contributed by atoms with Crippen molar-refractivity contribution in [2.75, 3.05) is 13.7 Å². The topological polar surface area (TPSA) is 49.9 Å². The molecule has 0 unspecified atom stereocenters. The number of hydrogen-bond donors (Lipinski definition) is 2. The van der Waals surface area contributed by atoms with E-state index in [1.54, 1.807) is 13.4 Å². The number of H-pyrrole nitrogens is 1. The Hall–Kier alpha value is -1.81. The normalized spacial score (nSPS) is 10.6. The second kappa shape index (κ2) is 6.21. The predicted octanol–water partition coefficient (Wildman–Crippen LogP) is 2.06. The molecule has 0 saturated carbocycles. The lowest BCUT2D eigenvalue weighted by Crippen LogP contribution is -2.17. The summed E-state index contributed by atoms with van der Waals surface area (Å²) in [5, 5.41) is 3.39. The number of nitrogens with zero attached hydrogens (tertiary/aromatic N) is 1. The molecule has 4 nitrogen and oxygen atoms in total. The number of methoxy groups -OCH3 is 1. The van der Waals surface area contributed by atoms with Gasteiger partial charge >= 0.3 is 0 Å². The van der Waals surface area contributed by atoms with Gasteiger partial charge in [-0.15, -0.1) is 0 Å². The average molecular weight is 245 g/mol. The Balaban J connectivity index is 1.73. The van der Waals surface area contributed by atoms with Crippen molar-refractivity contribution in [1.82, 2.24) is 15.3 Å². The molecule has 0 saturated heterocycles. The van der Waals surface area contributed by atoms with Crippen LogP contribution in [-0.4, -0.2) is 23.6 Å². The largest absolute Gasteiger partial charge is 0.497 e. The Morgan fingerprint density at radius 3 is 2.67 bits per heavy atom. The molecule has 1 aromatic heterocycles. The summed E-state index contributed by atoms with van der Waals surface area (Å²) >= 11 is 0. The summed E-state index contributed by atoms with van der Waals surface area (Å²) < 4.78 is 5.13. The van der Waals surface area contributed by atoms with Crippen LogP contribution in [0.1, 0.15) is 17.0 Å². The Morgan fingerprint density at radius 1 is 1.28 bits per heavy atom. The SMILES string of the molecule is COc1ccc(CCNCc2nc[nH]c2C)cc1. The van der Waals surface area contributed by atoms with Gasteiger partial charge in [0.15, 0.2) is 0 Å². The quantitative estimate of drug-likeness (QED) is 0.766. The van der Waals surface area contributed by atoms with E-state index in [4.69, 9.17) is 4.74 Å². The fourth-order valence-electron chi connectivity index (χ4n) is 1.80. The fourth-order valence-corrected chi connectivity index (χ4v) is 1.80. The minimum absolute atomic E-state index is 0.811. The lowest BCUT2D eigenvalue weighted by atomic mass is 10.1. The molecule has 96 valence electrons. The Morgan fingerprint density at radius 2 is 2.06 bits per heavy atom. The molecule has 0 atom stereocenters. The van der Waals surface area contributed by atoms with Gasteiger partial charge in [-0.25, -0.2) is 4.98 Å². The zero-order chi connectivity index (χ0) is 12.8. The van der Waals surface area contributed by atoms with Crippen LogP contribution < -0.4 is 10.1 Å². The maximum Gasteiger partial charge on any atom is 0.118 e. The Kier molecular flexibility index (Phi) is 4.36. The standard InChI is InChI=1S/C14H19N3O/c1-11-14(17-10-16-11)9-15-8-7-12-3-5-13(18-2)6-4-12/h3-6,10,15H,7-9H2,1-2H3,(H,16,17). The van der Waals surface area contributed by atoms with Crippen LogP contribution in [-0.2, 0) is 13.0 Å². The first-order valence-corrected chi connectivity index (χ1v) is 6.12. The van der Waals surface area contributed by atoms with Crippen LogP contribution >= 0.6 is 0 Å². The van der Waals surface area contributed by atoms with E-state index in [0.29, 0.717) is 0 Å². The van der Waals surface area contributed by atoms with Crippen molar-refractivity contribution >= 4 is 0 Å². The van der Waals surface area contributed by atoms with Crippen LogP contribution in [0, 0.1) is 6.92 Å². The number of aryl methyl sites for hydroxylation is 1. The summed E-state index contributed by atoms with van der Waals surface area (Å²) in [6.07, 6.45) is 2.74. The molecule has 1 heterocycles. The van der Waals surface area contributed by atoms with Gasteiger partial charge < -0.3 is 15.0 Å². The summed E-state index contributed by atoms with van der Waals surface area (Å²) in [4.78, 5) is 7.32. The Labute approximate surface area is 107 Å². The molecule has 1 aromatic carbocycles. The molecule has 18 heavy (non-hydrogen) atoms. The van der Waals surface area contributed by atoms with Crippen LogP contribution in [0.2, 0.25) is 0 Å². The molecule has 0 spiro atoms. The van der Waals surface area contributed by atoms with Crippen LogP contribution in [0.15, 0.2) is 30.6 Å². The van der Waals surface area contributed by atoms with Crippen molar-refractivity contribution < 1.29 is 4.74 Å². The number of nitrogens with one attached hydrogen (secondary N) is 2. The second-order valence-electron chi connectivity index (χ2n) is 4.25. The highest BCUT2D eigenvalue weighted by Gasteiger charge is 2.00. The van der Waals surface area contributed by atoms with Crippen molar-refractivity contribution in [2.24, 2.45) is 0 Å². The first-order valence-electron chi connectivity index (χ1n) is 6.12. The summed E-state index contributed by atoms with van der Waals surface area (Å²) in [6, 6.07) is 8.18. The van der Waals surface area contributed by atoms with Crippen molar-refractivity contribution in [2.45, 2.75) is 19.9 Å². The third-order valence-corrected chi connectivity index (χ3v) is 2.98.